The summed E-state index contributed by atoms with van der Waals surface area (Å²) < 4.78 is 0. The van der Waals surface area contributed by atoms with Crippen LogP contribution in [0, 0.1) is 0 Å². The van der Waals surface area contributed by atoms with E-state index >= 15 is 0 Å². The Morgan fingerprint density at radius 1 is 1.18 bits per heavy atom. The smallest absolute Gasteiger partial charge is 0.0452 e. The minimum atomic E-state index is 0.425. The molecule has 1 aromatic carbocycles. The molecule has 1 N–H and O–H groups in total. The Morgan fingerprint density at radius 2 is 1.95 bits per heavy atom. The number of hydrogen-bond acceptors (Lipinski definition) is 3. The van der Waals surface area contributed by atoms with Gasteiger partial charge in [0.1, 0.15) is 0 Å². The lowest BCUT2D eigenvalue weighted by molar-refractivity contribution is 0.192. The van der Waals surface area contributed by atoms with Crippen LogP contribution >= 0.6 is 0 Å². The maximum absolute atomic E-state index is 4.10. The molecule has 1 aliphatic heterocycles. The van der Waals surface area contributed by atoms with E-state index in [-0.39, 0.29) is 0 Å². The number of pyridine rings is 1. The van der Waals surface area contributed by atoms with Gasteiger partial charge in [-0.25, -0.2) is 0 Å². The Hall–Kier alpha value is -1.71. The lowest BCUT2D eigenvalue weighted by atomic mass is 9.92. The SMILES string of the molecule is CC(C)c1ccccc1[C@@H]1CN(Cc2ccncc2)CCN1. The maximum atomic E-state index is 4.10. The first-order valence-corrected chi connectivity index (χ1v) is 8.17. The molecule has 0 aliphatic carbocycles. The molecule has 0 bridgehead atoms. The highest BCUT2D eigenvalue weighted by atomic mass is 15.2. The van der Waals surface area contributed by atoms with Crippen LogP contribution in [0.25, 0.3) is 0 Å². The van der Waals surface area contributed by atoms with Crippen LogP contribution in [0.5, 0.6) is 0 Å². The standard InChI is InChI=1S/C19H25N3/c1-15(2)17-5-3-4-6-18(17)19-14-22(12-11-21-19)13-16-7-9-20-10-8-16/h3-10,15,19,21H,11-14H2,1-2H3/t19-/m0/s1. The van der Waals surface area contributed by atoms with Crippen molar-refractivity contribution < 1.29 is 0 Å². The summed E-state index contributed by atoms with van der Waals surface area (Å²) in [6.45, 7) is 8.76. The number of nitrogens with zero attached hydrogens (tertiary/aromatic N) is 2. The summed E-state index contributed by atoms with van der Waals surface area (Å²) in [6.07, 6.45) is 3.76. The van der Waals surface area contributed by atoms with E-state index < -0.39 is 0 Å². The van der Waals surface area contributed by atoms with Crippen molar-refractivity contribution >= 4 is 0 Å². The fourth-order valence-electron chi connectivity index (χ4n) is 3.26. The van der Waals surface area contributed by atoms with Crippen LogP contribution in [0.3, 0.4) is 0 Å². The van der Waals surface area contributed by atoms with Crippen LogP contribution in [-0.2, 0) is 6.54 Å². The van der Waals surface area contributed by atoms with Gasteiger partial charge in [-0.15, -0.1) is 0 Å². The molecule has 0 unspecified atom stereocenters. The summed E-state index contributed by atoms with van der Waals surface area (Å²) in [5.74, 6) is 0.563. The average Bonchev–Trinajstić information content (AvgIpc) is 2.56. The highest BCUT2D eigenvalue weighted by Gasteiger charge is 2.23. The second kappa shape index (κ2) is 7.03. The molecule has 3 heteroatoms. The summed E-state index contributed by atoms with van der Waals surface area (Å²) in [6, 6.07) is 13.5. The monoisotopic (exact) mass is 295 g/mol. The molecule has 1 aliphatic rings. The topological polar surface area (TPSA) is 28.2 Å². The van der Waals surface area contributed by atoms with Crippen molar-refractivity contribution in [3.05, 3.63) is 65.5 Å². The van der Waals surface area contributed by atoms with Gasteiger partial charge in [0.05, 0.1) is 0 Å². The molecule has 0 spiro atoms. The highest BCUT2D eigenvalue weighted by Crippen LogP contribution is 2.27. The molecule has 0 saturated carbocycles. The van der Waals surface area contributed by atoms with Crippen LogP contribution in [0.4, 0.5) is 0 Å². The minimum Gasteiger partial charge on any atom is -0.308 e. The number of aromatic nitrogens is 1. The summed E-state index contributed by atoms with van der Waals surface area (Å²) in [7, 11) is 0. The molecule has 1 aromatic heterocycles. The zero-order chi connectivity index (χ0) is 15.4. The van der Waals surface area contributed by atoms with Crippen LogP contribution in [0.2, 0.25) is 0 Å². The van der Waals surface area contributed by atoms with Gasteiger partial charge in [0.25, 0.3) is 0 Å². The molecule has 0 amide bonds. The summed E-state index contributed by atoms with van der Waals surface area (Å²) in [4.78, 5) is 6.64. The van der Waals surface area contributed by atoms with Crippen molar-refractivity contribution in [3.63, 3.8) is 0 Å². The van der Waals surface area contributed by atoms with Crippen LogP contribution in [0.15, 0.2) is 48.8 Å². The van der Waals surface area contributed by atoms with E-state index in [0.717, 1.165) is 26.2 Å². The Kier molecular flexibility index (Phi) is 4.86. The summed E-state index contributed by atoms with van der Waals surface area (Å²) in [5.41, 5.74) is 4.26. The Morgan fingerprint density at radius 3 is 2.73 bits per heavy atom. The van der Waals surface area contributed by atoms with Crippen molar-refractivity contribution in [3.8, 4) is 0 Å². The van der Waals surface area contributed by atoms with Crippen molar-refractivity contribution in [2.24, 2.45) is 0 Å². The Labute approximate surface area is 133 Å². The van der Waals surface area contributed by atoms with Gasteiger partial charge in [-0.2, -0.15) is 0 Å². The van der Waals surface area contributed by atoms with E-state index in [1.807, 2.05) is 12.4 Å². The van der Waals surface area contributed by atoms with E-state index in [0.29, 0.717) is 12.0 Å². The number of piperazine rings is 1. The fraction of sp³-hybridized carbons (Fsp3) is 0.421. The van der Waals surface area contributed by atoms with E-state index in [1.165, 1.54) is 16.7 Å². The molecule has 1 atom stereocenters. The van der Waals surface area contributed by atoms with Crippen molar-refractivity contribution in [1.29, 1.82) is 0 Å². The number of nitrogens with one attached hydrogen (secondary N) is 1. The molecule has 2 heterocycles. The van der Waals surface area contributed by atoms with Crippen LogP contribution in [-0.4, -0.2) is 29.5 Å². The number of hydrogen-bond donors (Lipinski definition) is 1. The molecular formula is C19H25N3. The molecule has 1 fully saturated rings. The number of rotatable bonds is 4. The van der Waals surface area contributed by atoms with E-state index in [4.69, 9.17) is 0 Å². The van der Waals surface area contributed by atoms with E-state index in [9.17, 15) is 0 Å². The summed E-state index contributed by atoms with van der Waals surface area (Å²) >= 11 is 0. The Balaban J connectivity index is 1.73. The third-order valence-corrected chi connectivity index (χ3v) is 4.41. The summed E-state index contributed by atoms with van der Waals surface area (Å²) in [5, 5.41) is 3.69. The van der Waals surface area contributed by atoms with Gasteiger partial charge in [0.2, 0.25) is 0 Å². The minimum absolute atomic E-state index is 0.425. The molecule has 22 heavy (non-hydrogen) atoms. The normalized spacial score (nSPS) is 19.5. The largest absolute Gasteiger partial charge is 0.308 e. The average molecular weight is 295 g/mol. The van der Waals surface area contributed by atoms with Gasteiger partial charge < -0.3 is 5.32 Å². The van der Waals surface area contributed by atoms with Gasteiger partial charge in [-0.1, -0.05) is 38.1 Å². The third kappa shape index (κ3) is 3.54. The first-order chi connectivity index (χ1) is 10.7. The second-order valence-electron chi connectivity index (χ2n) is 6.38. The predicted molar refractivity (Wildman–Crippen MR) is 90.8 cm³/mol. The van der Waals surface area contributed by atoms with Crippen LogP contribution in [0.1, 0.15) is 42.5 Å². The van der Waals surface area contributed by atoms with Gasteiger partial charge in [-0.05, 0) is 34.7 Å². The zero-order valence-electron chi connectivity index (χ0n) is 13.5. The van der Waals surface area contributed by atoms with E-state index in [1.54, 1.807) is 0 Å². The molecule has 3 nitrogen and oxygen atoms in total. The lowest BCUT2D eigenvalue weighted by Crippen LogP contribution is -2.45. The quantitative estimate of drug-likeness (QED) is 0.937. The van der Waals surface area contributed by atoms with Crippen LogP contribution < -0.4 is 5.32 Å². The van der Waals surface area contributed by atoms with Crippen molar-refractivity contribution in [2.75, 3.05) is 19.6 Å². The van der Waals surface area contributed by atoms with Crippen molar-refractivity contribution in [1.82, 2.24) is 15.2 Å². The van der Waals surface area contributed by atoms with Gasteiger partial charge in [-0.3, -0.25) is 9.88 Å². The molecule has 116 valence electrons. The van der Waals surface area contributed by atoms with Gasteiger partial charge >= 0.3 is 0 Å². The van der Waals surface area contributed by atoms with E-state index in [2.05, 4.69) is 65.4 Å². The van der Waals surface area contributed by atoms with Gasteiger partial charge in [0.15, 0.2) is 0 Å². The maximum Gasteiger partial charge on any atom is 0.0452 e. The first kappa shape index (κ1) is 15.2. The predicted octanol–water partition coefficient (Wildman–Crippen LogP) is 3.35. The lowest BCUT2D eigenvalue weighted by Gasteiger charge is -2.35. The molecule has 3 rings (SSSR count). The highest BCUT2D eigenvalue weighted by molar-refractivity contribution is 5.33. The second-order valence-corrected chi connectivity index (χ2v) is 6.38. The fourth-order valence-corrected chi connectivity index (χ4v) is 3.26. The molecule has 1 saturated heterocycles. The Bertz CT molecular complexity index is 595. The first-order valence-electron chi connectivity index (χ1n) is 8.17. The van der Waals surface area contributed by atoms with Crippen molar-refractivity contribution in [2.45, 2.75) is 32.4 Å². The molecular weight excluding hydrogens is 270 g/mol. The molecule has 0 radical (unpaired) electrons. The van der Waals surface area contributed by atoms with Gasteiger partial charge in [0, 0.05) is 44.6 Å². The molecule has 2 aromatic rings. The zero-order valence-corrected chi connectivity index (χ0v) is 13.5. The number of benzene rings is 1. The third-order valence-electron chi connectivity index (χ3n) is 4.41.